The van der Waals surface area contributed by atoms with E-state index in [-0.39, 0.29) is 24.7 Å². The van der Waals surface area contributed by atoms with Crippen LogP contribution in [0.1, 0.15) is 43.2 Å². The van der Waals surface area contributed by atoms with Crippen molar-refractivity contribution in [3.8, 4) is 11.4 Å². The van der Waals surface area contributed by atoms with Crippen LogP contribution in [0.5, 0.6) is 0 Å². The van der Waals surface area contributed by atoms with E-state index in [2.05, 4.69) is 15.5 Å². The van der Waals surface area contributed by atoms with Crippen molar-refractivity contribution >= 4 is 22.9 Å². The topological polar surface area (TPSA) is 120 Å². The molecule has 0 aliphatic carbocycles. The zero-order valence-electron chi connectivity index (χ0n) is 16.6. The minimum Gasteiger partial charge on any atom is -0.408 e. The molecular weight excluding hydrogens is 400 g/mol. The molecule has 1 aliphatic rings. The average Bonchev–Trinajstić information content (AvgIpc) is 3.38. The summed E-state index contributed by atoms with van der Waals surface area (Å²) in [5.74, 6) is -0.831. The second-order valence-electron chi connectivity index (χ2n) is 7.48. The Hall–Kier alpha value is -4.01. The van der Waals surface area contributed by atoms with Gasteiger partial charge in [0.15, 0.2) is 5.58 Å². The molecule has 0 spiro atoms. The molecule has 0 radical (unpaired) electrons. The molecule has 0 saturated carbocycles. The number of carbonyl (C=O) groups excluding carboxylic acids is 2. The number of imide groups is 1. The molecule has 2 aromatic carbocycles. The van der Waals surface area contributed by atoms with Gasteiger partial charge in [-0.1, -0.05) is 41.6 Å². The minimum atomic E-state index is -0.801. The third-order valence-electron chi connectivity index (χ3n) is 5.50. The van der Waals surface area contributed by atoms with Crippen molar-refractivity contribution in [2.24, 2.45) is 0 Å². The first-order valence-corrected chi connectivity index (χ1v) is 9.89. The molecule has 2 unspecified atom stereocenters. The molecule has 2 aromatic heterocycles. The highest BCUT2D eigenvalue weighted by molar-refractivity contribution is 6.00. The van der Waals surface area contributed by atoms with Gasteiger partial charge in [-0.2, -0.15) is 4.98 Å². The molecule has 9 nitrogen and oxygen atoms in total. The van der Waals surface area contributed by atoms with Crippen LogP contribution in [0.4, 0.5) is 0 Å². The van der Waals surface area contributed by atoms with Crippen LogP contribution in [0, 0.1) is 0 Å². The van der Waals surface area contributed by atoms with Crippen LogP contribution in [0.2, 0.25) is 0 Å². The average molecular weight is 418 g/mol. The lowest BCUT2D eigenvalue weighted by Crippen LogP contribution is -2.43. The Morgan fingerprint density at radius 3 is 2.71 bits per heavy atom. The summed E-state index contributed by atoms with van der Waals surface area (Å²) >= 11 is 0. The highest BCUT2D eigenvalue weighted by atomic mass is 16.5. The lowest BCUT2D eigenvalue weighted by atomic mass is 10.00. The van der Waals surface area contributed by atoms with Crippen molar-refractivity contribution in [2.75, 3.05) is 0 Å². The van der Waals surface area contributed by atoms with Crippen molar-refractivity contribution in [3.63, 3.8) is 0 Å². The van der Waals surface area contributed by atoms with Crippen molar-refractivity contribution in [2.45, 2.75) is 31.7 Å². The fraction of sp³-hybridized carbons (Fsp3) is 0.227. The van der Waals surface area contributed by atoms with Crippen molar-refractivity contribution in [1.82, 2.24) is 20.0 Å². The predicted molar refractivity (Wildman–Crippen MR) is 109 cm³/mol. The van der Waals surface area contributed by atoms with Crippen LogP contribution in [0.15, 0.2) is 62.3 Å². The highest BCUT2D eigenvalue weighted by Gasteiger charge is 2.31. The van der Waals surface area contributed by atoms with Crippen LogP contribution >= 0.6 is 0 Å². The van der Waals surface area contributed by atoms with Crippen LogP contribution in [-0.2, 0) is 9.59 Å². The van der Waals surface area contributed by atoms with E-state index in [0.29, 0.717) is 22.8 Å². The third-order valence-corrected chi connectivity index (χ3v) is 5.50. The van der Waals surface area contributed by atoms with E-state index in [1.165, 1.54) is 4.57 Å². The predicted octanol–water partition coefficient (Wildman–Crippen LogP) is 2.77. The Labute approximate surface area is 175 Å². The van der Waals surface area contributed by atoms with Gasteiger partial charge < -0.3 is 8.94 Å². The number of benzene rings is 2. The number of fused-ring (bicyclic) bond motifs is 1. The summed E-state index contributed by atoms with van der Waals surface area (Å²) in [6, 6.07) is 14.0. The molecule has 2 atom stereocenters. The van der Waals surface area contributed by atoms with Crippen molar-refractivity contribution < 1.29 is 18.5 Å². The third kappa shape index (κ3) is 3.33. The summed E-state index contributed by atoms with van der Waals surface area (Å²) < 4.78 is 12.1. The number of piperidine rings is 1. The van der Waals surface area contributed by atoms with E-state index < -0.39 is 17.7 Å². The Morgan fingerprint density at radius 1 is 1.13 bits per heavy atom. The number of hydrogen-bond donors (Lipinski definition) is 1. The zero-order chi connectivity index (χ0) is 21.5. The monoisotopic (exact) mass is 418 g/mol. The van der Waals surface area contributed by atoms with Gasteiger partial charge in [-0.15, -0.1) is 0 Å². The Balaban J connectivity index is 1.51. The molecular formula is C22H18N4O5. The minimum absolute atomic E-state index is 0.163. The number of hydrogen-bond acceptors (Lipinski definition) is 7. The molecule has 2 amide bonds. The molecule has 4 aromatic rings. The Bertz CT molecular complexity index is 1350. The molecule has 9 heteroatoms. The van der Waals surface area contributed by atoms with E-state index >= 15 is 0 Å². The van der Waals surface area contributed by atoms with Crippen LogP contribution in [-0.4, -0.2) is 26.5 Å². The SMILES string of the molecule is CC(c1ccc2oc(=O)n(C3CCC(=O)NC3=O)c2c1)c1nc(-c2ccccc2)no1. The van der Waals surface area contributed by atoms with Gasteiger partial charge in [0.05, 0.1) is 11.4 Å². The number of oxazole rings is 1. The first-order valence-electron chi connectivity index (χ1n) is 9.89. The molecule has 0 bridgehead atoms. The molecule has 31 heavy (non-hydrogen) atoms. The van der Waals surface area contributed by atoms with Gasteiger partial charge in [0.25, 0.3) is 0 Å². The van der Waals surface area contributed by atoms with E-state index in [4.69, 9.17) is 8.94 Å². The molecule has 3 heterocycles. The maximum absolute atomic E-state index is 12.5. The molecule has 1 aliphatic heterocycles. The maximum Gasteiger partial charge on any atom is 0.420 e. The number of aromatic nitrogens is 3. The quantitative estimate of drug-likeness (QED) is 0.506. The summed E-state index contributed by atoms with van der Waals surface area (Å²) in [5.41, 5.74) is 2.51. The number of rotatable bonds is 4. The zero-order valence-corrected chi connectivity index (χ0v) is 16.6. The normalized spacial score (nSPS) is 17.6. The molecule has 156 valence electrons. The van der Waals surface area contributed by atoms with Gasteiger partial charge in [0.1, 0.15) is 6.04 Å². The molecule has 1 saturated heterocycles. The van der Waals surface area contributed by atoms with Crippen molar-refractivity contribution in [1.29, 1.82) is 0 Å². The van der Waals surface area contributed by atoms with Gasteiger partial charge in [-0.05, 0) is 31.0 Å². The van der Waals surface area contributed by atoms with Gasteiger partial charge in [-0.25, -0.2) is 4.79 Å². The summed E-state index contributed by atoms with van der Waals surface area (Å²) in [7, 11) is 0. The fourth-order valence-electron chi connectivity index (χ4n) is 3.80. The standard InChI is InChI=1S/C22H18N4O5/c1-12(21-24-19(25-31-21)13-5-3-2-4-6-13)14-7-9-17-16(11-14)26(22(29)30-17)15-8-10-18(27)23-20(15)28/h2-7,9,11-12,15H,8,10H2,1H3,(H,23,27,28). The number of nitrogens with one attached hydrogen (secondary N) is 1. The van der Waals surface area contributed by atoms with E-state index in [1.807, 2.05) is 43.3 Å². The highest BCUT2D eigenvalue weighted by Crippen LogP contribution is 2.29. The summed E-state index contributed by atoms with van der Waals surface area (Å²) in [5, 5.41) is 6.34. The van der Waals surface area contributed by atoms with Gasteiger partial charge in [0, 0.05) is 12.0 Å². The molecule has 5 rings (SSSR count). The fourth-order valence-corrected chi connectivity index (χ4v) is 3.80. The lowest BCUT2D eigenvalue weighted by Gasteiger charge is -2.21. The van der Waals surface area contributed by atoms with Crippen LogP contribution < -0.4 is 11.1 Å². The van der Waals surface area contributed by atoms with Gasteiger partial charge >= 0.3 is 5.76 Å². The first-order chi connectivity index (χ1) is 15.0. The number of amides is 2. The van der Waals surface area contributed by atoms with E-state index in [1.54, 1.807) is 12.1 Å². The largest absolute Gasteiger partial charge is 0.420 e. The Kier molecular flexibility index (Phi) is 4.50. The second-order valence-corrected chi connectivity index (χ2v) is 7.48. The summed E-state index contributed by atoms with van der Waals surface area (Å²) in [6.07, 6.45) is 0.402. The van der Waals surface area contributed by atoms with E-state index in [0.717, 1.165) is 11.1 Å². The Morgan fingerprint density at radius 2 is 1.94 bits per heavy atom. The van der Waals surface area contributed by atoms with Gasteiger partial charge in [0.2, 0.25) is 23.5 Å². The maximum atomic E-state index is 12.5. The second kappa shape index (κ2) is 7.35. The number of carbonyl (C=O) groups is 2. The summed E-state index contributed by atoms with van der Waals surface area (Å²) in [6.45, 7) is 1.91. The number of nitrogens with zero attached hydrogens (tertiary/aromatic N) is 3. The van der Waals surface area contributed by atoms with E-state index in [9.17, 15) is 14.4 Å². The molecule has 1 fully saturated rings. The van der Waals surface area contributed by atoms with Crippen LogP contribution in [0.25, 0.3) is 22.5 Å². The molecule has 1 N–H and O–H groups in total. The van der Waals surface area contributed by atoms with Crippen molar-refractivity contribution in [3.05, 3.63) is 70.5 Å². The summed E-state index contributed by atoms with van der Waals surface area (Å²) in [4.78, 5) is 40.8. The smallest absolute Gasteiger partial charge is 0.408 e. The first kappa shape index (κ1) is 19.0. The van der Waals surface area contributed by atoms with Gasteiger partial charge in [-0.3, -0.25) is 19.5 Å². The van der Waals surface area contributed by atoms with Crippen LogP contribution in [0.3, 0.4) is 0 Å². The lowest BCUT2D eigenvalue weighted by molar-refractivity contribution is -0.135.